The lowest BCUT2D eigenvalue weighted by Crippen LogP contribution is -2.28. The highest BCUT2D eigenvalue weighted by Gasteiger charge is 2.03. The third kappa shape index (κ3) is 4.89. The fraction of sp³-hybridized carbons (Fsp3) is 0.250. The largest absolute Gasteiger partial charge is 0.380 e. The van der Waals surface area contributed by atoms with E-state index in [4.69, 9.17) is 4.74 Å². The number of hydrogen-bond donors (Lipinski definition) is 2. The Balaban J connectivity index is 1.83. The maximum atomic E-state index is 11.8. The fourth-order valence-corrected chi connectivity index (χ4v) is 1.87. The molecule has 0 spiro atoms. The van der Waals surface area contributed by atoms with Crippen molar-refractivity contribution in [2.75, 3.05) is 12.4 Å². The second kappa shape index (κ2) is 7.40. The van der Waals surface area contributed by atoms with Gasteiger partial charge in [0.15, 0.2) is 0 Å². The zero-order valence-corrected chi connectivity index (χ0v) is 12.2. The number of nitrogens with zero attached hydrogens (tertiary/aromatic N) is 1. The third-order valence-corrected chi connectivity index (χ3v) is 2.94. The summed E-state index contributed by atoms with van der Waals surface area (Å²) >= 11 is 0. The van der Waals surface area contributed by atoms with Gasteiger partial charge in [0.2, 0.25) is 0 Å². The minimum atomic E-state index is -0.269. The molecule has 0 aliphatic carbocycles. The van der Waals surface area contributed by atoms with Crippen molar-refractivity contribution >= 4 is 11.8 Å². The predicted molar refractivity (Wildman–Crippen MR) is 82.0 cm³/mol. The Morgan fingerprint density at radius 2 is 1.90 bits per heavy atom. The number of carbonyl (C=O) groups is 1. The predicted octanol–water partition coefficient (Wildman–Crippen LogP) is 2.86. The zero-order chi connectivity index (χ0) is 15.1. The molecule has 1 heterocycles. The van der Waals surface area contributed by atoms with Crippen LogP contribution in [0.4, 0.5) is 10.6 Å². The van der Waals surface area contributed by atoms with Gasteiger partial charge in [0.25, 0.3) is 0 Å². The number of methoxy groups -OCH3 is 1. The standard InChI is InChI=1S/C16H19N3O2/c1-12-7-8-17-15(9-12)19-16(20)18-10-13-3-5-14(6-4-13)11-21-2/h3-9H,10-11H2,1-2H3,(H2,17,18,19,20). The summed E-state index contributed by atoms with van der Waals surface area (Å²) in [4.78, 5) is 15.9. The van der Waals surface area contributed by atoms with Crippen molar-refractivity contribution in [2.45, 2.75) is 20.1 Å². The van der Waals surface area contributed by atoms with Crippen LogP contribution in [0.15, 0.2) is 42.6 Å². The maximum absolute atomic E-state index is 11.8. The van der Waals surface area contributed by atoms with E-state index in [1.807, 2.05) is 43.3 Å². The summed E-state index contributed by atoms with van der Waals surface area (Å²) in [6.07, 6.45) is 1.67. The van der Waals surface area contributed by atoms with Gasteiger partial charge in [0, 0.05) is 19.9 Å². The van der Waals surface area contributed by atoms with Crippen LogP contribution < -0.4 is 10.6 Å². The molecule has 0 unspecified atom stereocenters. The Bertz CT molecular complexity index is 597. The van der Waals surface area contributed by atoms with Crippen LogP contribution in [0.3, 0.4) is 0 Å². The number of aryl methyl sites for hydroxylation is 1. The summed E-state index contributed by atoms with van der Waals surface area (Å²) in [5.74, 6) is 0.544. The maximum Gasteiger partial charge on any atom is 0.320 e. The van der Waals surface area contributed by atoms with E-state index in [1.165, 1.54) is 0 Å². The first-order valence-corrected chi connectivity index (χ1v) is 6.71. The molecule has 2 N–H and O–H groups in total. The number of urea groups is 1. The van der Waals surface area contributed by atoms with Crippen molar-refractivity contribution < 1.29 is 9.53 Å². The number of nitrogens with one attached hydrogen (secondary N) is 2. The van der Waals surface area contributed by atoms with Gasteiger partial charge in [-0.05, 0) is 35.7 Å². The molecule has 0 fully saturated rings. The van der Waals surface area contributed by atoms with E-state index in [9.17, 15) is 4.79 Å². The first-order valence-electron chi connectivity index (χ1n) is 6.71. The molecule has 2 rings (SSSR count). The van der Waals surface area contributed by atoms with Crippen LogP contribution in [0, 0.1) is 6.92 Å². The van der Waals surface area contributed by atoms with Crippen LogP contribution in [0.2, 0.25) is 0 Å². The molecule has 5 nitrogen and oxygen atoms in total. The second-order valence-electron chi connectivity index (χ2n) is 4.78. The summed E-state index contributed by atoms with van der Waals surface area (Å²) < 4.78 is 5.06. The van der Waals surface area contributed by atoms with E-state index in [2.05, 4.69) is 15.6 Å². The SMILES string of the molecule is COCc1ccc(CNC(=O)Nc2cc(C)ccn2)cc1. The number of hydrogen-bond acceptors (Lipinski definition) is 3. The number of benzene rings is 1. The Morgan fingerprint density at radius 3 is 2.57 bits per heavy atom. The number of anilines is 1. The molecule has 0 aliphatic heterocycles. The molecular weight excluding hydrogens is 266 g/mol. The Hall–Kier alpha value is -2.40. The average Bonchev–Trinajstić information content (AvgIpc) is 2.47. The lowest BCUT2D eigenvalue weighted by atomic mass is 10.1. The van der Waals surface area contributed by atoms with Crippen molar-refractivity contribution in [3.63, 3.8) is 0 Å². The summed E-state index contributed by atoms with van der Waals surface area (Å²) in [7, 11) is 1.67. The summed E-state index contributed by atoms with van der Waals surface area (Å²) in [6.45, 7) is 3.00. The minimum Gasteiger partial charge on any atom is -0.380 e. The van der Waals surface area contributed by atoms with Gasteiger partial charge in [-0.1, -0.05) is 24.3 Å². The number of ether oxygens (including phenoxy) is 1. The van der Waals surface area contributed by atoms with Crippen LogP contribution in [0.1, 0.15) is 16.7 Å². The zero-order valence-electron chi connectivity index (χ0n) is 12.2. The third-order valence-electron chi connectivity index (χ3n) is 2.94. The van der Waals surface area contributed by atoms with E-state index in [0.717, 1.165) is 16.7 Å². The van der Waals surface area contributed by atoms with Gasteiger partial charge < -0.3 is 10.1 Å². The van der Waals surface area contributed by atoms with Crippen LogP contribution in [0.25, 0.3) is 0 Å². The highest BCUT2D eigenvalue weighted by Crippen LogP contribution is 2.07. The Kier molecular flexibility index (Phi) is 5.29. The van der Waals surface area contributed by atoms with E-state index >= 15 is 0 Å². The Labute approximate surface area is 124 Å². The van der Waals surface area contributed by atoms with Crippen LogP contribution in [0.5, 0.6) is 0 Å². The topological polar surface area (TPSA) is 63.2 Å². The monoisotopic (exact) mass is 285 g/mol. The van der Waals surface area contributed by atoms with Gasteiger partial charge in [0.05, 0.1) is 6.61 Å². The van der Waals surface area contributed by atoms with Crippen LogP contribution in [-0.2, 0) is 17.9 Å². The summed E-state index contributed by atoms with van der Waals surface area (Å²) in [6, 6.07) is 11.3. The summed E-state index contributed by atoms with van der Waals surface area (Å²) in [5, 5.41) is 5.50. The fourth-order valence-electron chi connectivity index (χ4n) is 1.87. The molecule has 0 atom stereocenters. The molecular formula is C16H19N3O2. The lowest BCUT2D eigenvalue weighted by Gasteiger charge is -2.08. The normalized spacial score (nSPS) is 10.2. The molecule has 110 valence electrons. The van der Waals surface area contributed by atoms with Crippen LogP contribution >= 0.6 is 0 Å². The van der Waals surface area contributed by atoms with E-state index < -0.39 is 0 Å². The van der Waals surface area contributed by atoms with Crippen LogP contribution in [-0.4, -0.2) is 18.1 Å². The van der Waals surface area contributed by atoms with Gasteiger partial charge in [-0.2, -0.15) is 0 Å². The van der Waals surface area contributed by atoms with Crippen molar-refractivity contribution in [1.29, 1.82) is 0 Å². The number of amides is 2. The second-order valence-corrected chi connectivity index (χ2v) is 4.78. The smallest absolute Gasteiger partial charge is 0.320 e. The van der Waals surface area contributed by atoms with Gasteiger partial charge >= 0.3 is 6.03 Å². The van der Waals surface area contributed by atoms with E-state index in [-0.39, 0.29) is 6.03 Å². The van der Waals surface area contributed by atoms with E-state index in [0.29, 0.717) is 19.0 Å². The van der Waals surface area contributed by atoms with Crippen molar-refractivity contribution in [1.82, 2.24) is 10.3 Å². The molecule has 2 amide bonds. The average molecular weight is 285 g/mol. The van der Waals surface area contributed by atoms with Gasteiger partial charge in [0.1, 0.15) is 5.82 Å². The van der Waals surface area contributed by atoms with Crippen molar-refractivity contribution in [3.8, 4) is 0 Å². The van der Waals surface area contributed by atoms with Crippen molar-refractivity contribution in [2.24, 2.45) is 0 Å². The van der Waals surface area contributed by atoms with Crippen molar-refractivity contribution in [3.05, 3.63) is 59.3 Å². The number of aromatic nitrogens is 1. The highest BCUT2D eigenvalue weighted by molar-refractivity contribution is 5.88. The number of carbonyl (C=O) groups excluding carboxylic acids is 1. The first kappa shape index (κ1) is 15.0. The lowest BCUT2D eigenvalue weighted by molar-refractivity contribution is 0.185. The minimum absolute atomic E-state index is 0.269. The molecule has 1 aromatic carbocycles. The molecule has 2 aromatic rings. The summed E-state index contributed by atoms with van der Waals surface area (Å²) in [5.41, 5.74) is 3.19. The molecule has 0 radical (unpaired) electrons. The molecule has 0 aliphatic rings. The molecule has 1 aromatic heterocycles. The van der Waals surface area contributed by atoms with Gasteiger partial charge in [-0.3, -0.25) is 5.32 Å². The molecule has 0 saturated carbocycles. The van der Waals surface area contributed by atoms with Gasteiger partial charge in [-0.25, -0.2) is 9.78 Å². The number of pyridine rings is 1. The van der Waals surface area contributed by atoms with Gasteiger partial charge in [-0.15, -0.1) is 0 Å². The molecule has 5 heteroatoms. The number of rotatable bonds is 5. The quantitative estimate of drug-likeness (QED) is 0.888. The highest BCUT2D eigenvalue weighted by atomic mass is 16.5. The molecule has 0 bridgehead atoms. The molecule has 21 heavy (non-hydrogen) atoms. The Morgan fingerprint density at radius 1 is 1.19 bits per heavy atom. The molecule has 0 saturated heterocycles. The first-order chi connectivity index (χ1) is 10.2. The van der Waals surface area contributed by atoms with E-state index in [1.54, 1.807) is 13.3 Å².